The van der Waals surface area contributed by atoms with E-state index in [1.807, 2.05) is 30.3 Å². The highest BCUT2D eigenvalue weighted by molar-refractivity contribution is 9.10. The number of benzene rings is 1. The summed E-state index contributed by atoms with van der Waals surface area (Å²) in [6, 6.07) is 9.95. The van der Waals surface area contributed by atoms with Crippen molar-refractivity contribution in [2.45, 2.75) is 31.1 Å². The van der Waals surface area contributed by atoms with E-state index in [-0.39, 0.29) is 6.04 Å². The van der Waals surface area contributed by atoms with Crippen molar-refractivity contribution in [3.8, 4) is 0 Å². The quantitative estimate of drug-likeness (QED) is 0.793. The maximum absolute atomic E-state index is 9.53. The lowest BCUT2D eigenvalue weighted by molar-refractivity contribution is 0.0438. The van der Waals surface area contributed by atoms with Crippen LogP contribution in [-0.2, 0) is 0 Å². The Balaban J connectivity index is 1.80. The van der Waals surface area contributed by atoms with Crippen LogP contribution in [0.3, 0.4) is 0 Å². The summed E-state index contributed by atoms with van der Waals surface area (Å²) < 4.78 is 1.03. The highest BCUT2D eigenvalue weighted by Gasteiger charge is 2.31. The molecule has 1 aliphatic carbocycles. The number of halogens is 1. The van der Waals surface area contributed by atoms with Gasteiger partial charge in [-0.15, -0.1) is 0 Å². The predicted octanol–water partition coefficient (Wildman–Crippen LogP) is 2.29. The average Bonchev–Trinajstić information content (AvgIpc) is 2.68. The lowest BCUT2D eigenvalue weighted by atomic mass is 10.2. The van der Waals surface area contributed by atoms with Crippen LogP contribution in [-0.4, -0.2) is 33.4 Å². The second-order valence-corrected chi connectivity index (χ2v) is 5.90. The van der Waals surface area contributed by atoms with Crippen molar-refractivity contribution in [2.24, 2.45) is 0 Å². The van der Waals surface area contributed by atoms with Crippen molar-refractivity contribution < 1.29 is 10.2 Å². The Morgan fingerprint density at radius 2 is 1.84 bits per heavy atom. The topological polar surface area (TPSA) is 65.4 Å². The highest BCUT2D eigenvalue weighted by Crippen LogP contribution is 2.25. The van der Waals surface area contributed by atoms with Gasteiger partial charge in [-0.2, -0.15) is 0 Å². The van der Waals surface area contributed by atoms with Crippen molar-refractivity contribution in [1.29, 1.82) is 0 Å². The summed E-state index contributed by atoms with van der Waals surface area (Å²) in [5.41, 5.74) is 0.923. The molecule has 1 aromatic carbocycles. The summed E-state index contributed by atoms with van der Waals surface area (Å²) >= 11 is 3.44. The summed E-state index contributed by atoms with van der Waals surface area (Å²) in [6.07, 6.45) is -0.148. The van der Waals surface area contributed by atoms with Crippen LogP contribution in [0, 0.1) is 0 Å². The number of anilines is 1. The number of hydrogen-bond donors (Lipinski definition) is 3. The van der Waals surface area contributed by atoms with Crippen LogP contribution in [0.2, 0.25) is 0 Å². The lowest BCUT2D eigenvalue weighted by Gasteiger charge is -2.13. The molecular formula is C14H15BrN2O2. The fourth-order valence-electron chi connectivity index (χ4n) is 2.50. The number of nitrogens with zero attached hydrogens (tertiary/aromatic N) is 1. The maximum atomic E-state index is 9.53. The van der Waals surface area contributed by atoms with E-state index >= 15 is 0 Å². The molecule has 3 atom stereocenters. The van der Waals surface area contributed by atoms with E-state index in [1.165, 1.54) is 0 Å². The molecule has 5 heteroatoms. The minimum absolute atomic E-state index is 0.0744. The second-order valence-electron chi connectivity index (χ2n) is 4.98. The smallest absolute Gasteiger partial charge is 0.126 e. The largest absolute Gasteiger partial charge is 0.390 e. The molecular weight excluding hydrogens is 308 g/mol. The van der Waals surface area contributed by atoms with E-state index in [2.05, 4.69) is 26.2 Å². The zero-order valence-electron chi connectivity index (χ0n) is 10.3. The molecule has 0 radical (unpaired) electrons. The first-order chi connectivity index (χ1) is 9.11. The van der Waals surface area contributed by atoms with Gasteiger partial charge in [-0.05, 0) is 43.2 Å². The van der Waals surface area contributed by atoms with Gasteiger partial charge < -0.3 is 15.5 Å². The van der Waals surface area contributed by atoms with E-state index in [1.54, 1.807) is 0 Å². The van der Waals surface area contributed by atoms with E-state index in [0.29, 0.717) is 12.8 Å². The van der Waals surface area contributed by atoms with E-state index in [4.69, 9.17) is 0 Å². The molecule has 2 aromatic rings. The monoisotopic (exact) mass is 322 g/mol. The third kappa shape index (κ3) is 2.73. The minimum atomic E-state index is -0.631. The Kier molecular flexibility index (Phi) is 3.43. The summed E-state index contributed by atoms with van der Waals surface area (Å²) in [5, 5.41) is 23.4. The molecule has 0 spiro atoms. The molecule has 1 fully saturated rings. The molecule has 4 nitrogen and oxygen atoms in total. The van der Waals surface area contributed by atoms with Crippen LogP contribution in [0.4, 0.5) is 5.82 Å². The summed E-state index contributed by atoms with van der Waals surface area (Å²) in [7, 11) is 0. The van der Waals surface area contributed by atoms with Gasteiger partial charge >= 0.3 is 0 Å². The molecule has 0 amide bonds. The molecule has 1 saturated carbocycles. The van der Waals surface area contributed by atoms with Crippen molar-refractivity contribution in [3.05, 3.63) is 34.8 Å². The Morgan fingerprint density at radius 1 is 1.11 bits per heavy atom. The molecule has 1 aliphatic rings. The number of pyridine rings is 1. The van der Waals surface area contributed by atoms with Crippen molar-refractivity contribution in [2.75, 3.05) is 5.32 Å². The molecule has 3 N–H and O–H groups in total. The highest BCUT2D eigenvalue weighted by atomic mass is 79.9. The molecule has 0 aliphatic heterocycles. The number of rotatable bonds is 2. The molecule has 100 valence electrons. The van der Waals surface area contributed by atoms with Crippen LogP contribution in [0.15, 0.2) is 34.8 Å². The normalized spacial score (nSPS) is 26.8. The van der Waals surface area contributed by atoms with E-state index < -0.39 is 12.2 Å². The molecule has 1 unspecified atom stereocenters. The number of fused-ring (bicyclic) bond motifs is 1. The first-order valence-electron chi connectivity index (χ1n) is 6.31. The van der Waals surface area contributed by atoms with Gasteiger partial charge in [-0.25, -0.2) is 4.98 Å². The second kappa shape index (κ2) is 5.07. The Labute approximate surface area is 119 Å². The van der Waals surface area contributed by atoms with Crippen LogP contribution in [0.5, 0.6) is 0 Å². The summed E-state index contributed by atoms with van der Waals surface area (Å²) in [6.45, 7) is 0. The van der Waals surface area contributed by atoms with E-state index in [0.717, 1.165) is 21.2 Å². The number of nitrogens with one attached hydrogen (secondary N) is 1. The minimum Gasteiger partial charge on any atom is -0.390 e. The first-order valence-corrected chi connectivity index (χ1v) is 7.10. The van der Waals surface area contributed by atoms with Gasteiger partial charge in [0.05, 0.1) is 17.7 Å². The number of aromatic nitrogens is 1. The molecule has 1 heterocycles. The Hall–Kier alpha value is -1.17. The first kappa shape index (κ1) is 12.8. The summed E-state index contributed by atoms with van der Waals surface area (Å²) in [4.78, 5) is 4.53. The number of aliphatic hydroxyl groups excluding tert-OH is 2. The van der Waals surface area contributed by atoms with Gasteiger partial charge in [-0.1, -0.05) is 15.9 Å². The summed E-state index contributed by atoms with van der Waals surface area (Å²) in [5.74, 6) is 0.779. The Bertz CT molecular complexity index is 595. The lowest BCUT2D eigenvalue weighted by Crippen LogP contribution is -2.17. The van der Waals surface area contributed by atoms with Gasteiger partial charge in [0, 0.05) is 15.9 Å². The molecule has 1 aromatic heterocycles. The van der Waals surface area contributed by atoms with Crippen molar-refractivity contribution in [1.82, 2.24) is 4.98 Å². The van der Waals surface area contributed by atoms with Crippen LogP contribution < -0.4 is 5.32 Å². The zero-order chi connectivity index (χ0) is 13.4. The fraction of sp³-hybridized carbons (Fsp3) is 0.357. The fourth-order valence-corrected chi connectivity index (χ4v) is 2.88. The van der Waals surface area contributed by atoms with Crippen LogP contribution in [0.25, 0.3) is 10.9 Å². The standard InChI is InChI=1S/C14H15BrN2O2/c15-9-2-3-11-8(5-9)1-4-14(17-11)16-10-6-12(18)13(19)7-10/h1-5,10,12-13,18-19H,6-7H2,(H,16,17)/t10?,12-,13+. The molecule has 0 saturated heterocycles. The number of aliphatic hydroxyl groups is 2. The van der Waals surface area contributed by atoms with Crippen molar-refractivity contribution >= 4 is 32.7 Å². The number of hydrogen-bond acceptors (Lipinski definition) is 4. The zero-order valence-corrected chi connectivity index (χ0v) is 11.8. The van der Waals surface area contributed by atoms with Crippen molar-refractivity contribution in [3.63, 3.8) is 0 Å². The van der Waals surface area contributed by atoms with E-state index in [9.17, 15) is 10.2 Å². The Morgan fingerprint density at radius 3 is 2.58 bits per heavy atom. The SMILES string of the molecule is O[C@@H]1CC(Nc2ccc3cc(Br)ccc3n2)C[C@@H]1O. The molecule has 0 bridgehead atoms. The molecule has 3 rings (SSSR count). The maximum Gasteiger partial charge on any atom is 0.126 e. The van der Waals surface area contributed by atoms with Crippen LogP contribution >= 0.6 is 15.9 Å². The van der Waals surface area contributed by atoms with Gasteiger partial charge in [0.15, 0.2) is 0 Å². The van der Waals surface area contributed by atoms with Crippen LogP contribution in [0.1, 0.15) is 12.8 Å². The third-order valence-corrected chi connectivity index (χ3v) is 3.99. The molecule has 19 heavy (non-hydrogen) atoms. The van der Waals surface area contributed by atoms with Gasteiger partial charge in [0.1, 0.15) is 5.82 Å². The van der Waals surface area contributed by atoms with Gasteiger partial charge in [0.2, 0.25) is 0 Å². The van der Waals surface area contributed by atoms with Gasteiger partial charge in [-0.3, -0.25) is 0 Å². The van der Waals surface area contributed by atoms with Gasteiger partial charge in [0.25, 0.3) is 0 Å². The average molecular weight is 323 g/mol. The predicted molar refractivity (Wildman–Crippen MR) is 78.1 cm³/mol. The third-order valence-electron chi connectivity index (χ3n) is 3.50.